The van der Waals surface area contributed by atoms with Crippen molar-refractivity contribution in [1.82, 2.24) is 9.97 Å². The van der Waals surface area contributed by atoms with Gasteiger partial charge in [-0.15, -0.1) is 11.3 Å². The third kappa shape index (κ3) is 2.78. The zero-order valence-electron chi connectivity index (χ0n) is 9.30. The molecule has 0 spiro atoms. The molecule has 4 nitrogen and oxygen atoms in total. The summed E-state index contributed by atoms with van der Waals surface area (Å²) in [5, 5.41) is 3.23. The van der Waals surface area contributed by atoms with Gasteiger partial charge in [-0.25, -0.2) is 4.98 Å². The number of nitrogens with two attached hydrogens (primary N) is 1. The molecular weight excluding hydrogens is 252 g/mol. The molecule has 0 aliphatic carbocycles. The van der Waals surface area contributed by atoms with Crippen LogP contribution in [-0.2, 0) is 6.54 Å². The lowest BCUT2D eigenvalue weighted by molar-refractivity contribution is 1.12. The van der Waals surface area contributed by atoms with Gasteiger partial charge in [0, 0.05) is 17.3 Å². The maximum Gasteiger partial charge on any atom is 0.136 e. The summed E-state index contributed by atoms with van der Waals surface area (Å²) in [6.07, 6.45) is 3.57. The van der Waals surface area contributed by atoms with Gasteiger partial charge in [-0.1, -0.05) is 12.2 Å². The summed E-state index contributed by atoms with van der Waals surface area (Å²) >= 11 is 6.63. The van der Waals surface area contributed by atoms with E-state index in [1.807, 2.05) is 19.2 Å². The fourth-order valence-corrected chi connectivity index (χ4v) is 2.30. The van der Waals surface area contributed by atoms with Crippen LogP contribution < -0.4 is 11.1 Å². The molecule has 2 heterocycles. The van der Waals surface area contributed by atoms with Gasteiger partial charge in [0.1, 0.15) is 10.8 Å². The number of aromatic nitrogens is 2. The van der Waals surface area contributed by atoms with Crippen molar-refractivity contribution in [2.45, 2.75) is 13.5 Å². The summed E-state index contributed by atoms with van der Waals surface area (Å²) in [6.45, 7) is 2.64. The normalized spacial score (nSPS) is 10.2. The topological polar surface area (TPSA) is 63.8 Å². The Kier molecular flexibility index (Phi) is 3.65. The highest BCUT2D eigenvalue weighted by molar-refractivity contribution is 7.80. The number of pyridine rings is 1. The number of rotatable bonds is 4. The van der Waals surface area contributed by atoms with Crippen LogP contribution in [0.25, 0.3) is 0 Å². The molecule has 2 aromatic rings. The average Bonchev–Trinajstić information content (AvgIpc) is 2.78. The van der Waals surface area contributed by atoms with Crippen LogP contribution in [-0.4, -0.2) is 15.0 Å². The van der Waals surface area contributed by atoms with Crippen molar-refractivity contribution in [3.05, 3.63) is 40.0 Å². The van der Waals surface area contributed by atoms with Crippen LogP contribution in [0.4, 0.5) is 5.82 Å². The second kappa shape index (κ2) is 5.20. The van der Waals surface area contributed by atoms with Gasteiger partial charge in [-0.3, -0.25) is 4.98 Å². The third-order valence-electron chi connectivity index (χ3n) is 2.32. The quantitative estimate of drug-likeness (QED) is 0.828. The Morgan fingerprint density at radius 3 is 3.06 bits per heavy atom. The molecular formula is C11H12N4S2. The molecule has 88 valence electrons. The number of thiocarbonyl (C=S) groups is 1. The lowest BCUT2D eigenvalue weighted by Gasteiger charge is -2.11. The van der Waals surface area contributed by atoms with E-state index in [0.29, 0.717) is 11.5 Å². The van der Waals surface area contributed by atoms with Crippen LogP contribution >= 0.6 is 23.6 Å². The summed E-state index contributed by atoms with van der Waals surface area (Å²) in [5.41, 5.74) is 9.35. The number of thiazole rings is 1. The summed E-state index contributed by atoms with van der Waals surface area (Å²) in [5.74, 6) is 0.728. The Morgan fingerprint density at radius 2 is 2.41 bits per heavy atom. The molecule has 0 saturated heterocycles. The predicted octanol–water partition coefficient (Wildman–Crippen LogP) is 2.09. The zero-order chi connectivity index (χ0) is 12.3. The second-order valence-corrected chi connectivity index (χ2v) is 4.95. The number of nitrogens with zero attached hydrogens (tertiary/aromatic N) is 2. The van der Waals surface area contributed by atoms with Crippen LogP contribution in [0.15, 0.2) is 24.0 Å². The van der Waals surface area contributed by atoms with Gasteiger partial charge in [-0.05, 0) is 18.6 Å². The predicted molar refractivity (Wildman–Crippen MR) is 74.3 cm³/mol. The largest absolute Gasteiger partial charge is 0.389 e. The minimum atomic E-state index is 0.363. The van der Waals surface area contributed by atoms with E-state index in [1.165, 1.54) is 0 Å². The molecule has 6 heteroatoms. The molecule has 0 saturated carbocycles. The molecule has 0 aliphatic heterocycles. The first-order valence-electron chi connectivity index (χ1n) is 5.05. The van der Waals surface area contributed by atoms with Crippen LogP contribution in [0.2, 0.25) is 0 Å². The van der Waals surface area contributed by atoms with E-state index in [-0.39, 0.29) is 0 Å². The minimum Gasteiger partial charge on any atom is -0.389 e. The molecule has 17 heavy (non-hydrogen) atoms. The number of anilines is 1. The first kappa shape index (κ1) is 11.9. The molecule has 0 fully saturated rings. The lowest BCUT2D eigenvalue weighted by atomic mass is 10.1. The van der Waals surface area contributed by atoms with Crippen LogP contribution in [0.3, 0.4) is 0 Å². The van der Waals surface area contributed by atoms with Crippen molar-refractivity contribution in [3.8, 4) is 0 Å². The average molecular weight is 264 g/mol. The highest BCUT2D eigenvalue weighted by atomic mass is 32.1. The highest BCUT2D eigenvalue weighted by Gasteiger charge is 2.09. The molecule has 2 rings (SSSR count). The Balaban J connectivity index is 2.21. The smallest absolute Gasteiger partial charge is 0.136 e. The molecule has 0 bridgehead atoms. The maximum atomic E-state index is 5.71. The van der Waals surface area contributed by atoms with Crippen molar-refractivity contribution in [3.63, 3.8) is 0 Å². The van der Waals surface area contributed by atoms with E-state index in [4.69, 9.17) is 18.0 Å². The standard InChI is InChI=1S/C11H12N4S2/c1-7-2-3-14-11(9(7)10(12)16)15-5-8-4-13-6-17-8/h2-4,6H,5H2,1H3,(H2,12,16)(H,14,15). The summed E-state index contributed by atoms with van der Waals surface area (Å²) in [7, 11) is 0. The van der Waals surface area contributed by atoms with E-state index in [9.17, 15) is 0 Å². The van der Waals surface area contributed by atoms with Gasteiger partial charge in [0.15, 0.2) is 0 Å². The Hall–Kier alpha value is -1.53. The molecule has 0 amide bonds. The van der Waals surface area contributed by atoms with E-state index < -0.39 is 0 Å². The van der Waals surface area contributed by atoms with Crippen molar-refractivity contribution in [2.75, 3.05) is 5.32 Å². The van der Waals surface area contributed by atoms with Gasteiger partial charge in [-0.2, -0.15) is 0 Å². The molecule has 2 aromatic heterocycles. The van der Waals surface area contributed by atoms with Gasteiger partial charge < -0.3 is 11.1 Å². The minimum absolute atomic E-state index is 0.363. The molecule has 3 N–H and O–H groups in total. The van der Waals surface area contributed by atoms with Gasteiger partial charge in [0.2, 0.25) is 0 Å². The number of hydrogen-bond acceptors (Lipinski definition) is 5. The van der Waals surface area contributed by atoms with Crippen LogP contribution in [0.1, 0.15) is 16.0 Å². The van der Waals surface area contributed by atoms with Crippen molar-refractivity contribution >= 4 is 34.4 Å². The molecule has 0 aliphatic rings. The van der Waals surface area contributed by atoms with Gasteiger partial charge >= 0.3 is 0 Å². The number of hydrogen-bond donors (Lipinski definition) is 2. The van der Waals surface area contributed by atoms with Gasteiger partial charge in [0.25, 0.3) is 0 Å². The molecule has 0 unspecified atom stereocenters. The van der Waals surface area contributed by atoms with E-state index >= 15 is 0 Å². The second-order valence-electron chi connectivity index (χ2n) is 3.54. The van der Waals surface area contributed by atoms with E-state index in [0.717, 1.165) is 21.8 Å². The lowest BCUT2D eigenvalue weighted by Crippen LogP contribution is -2.15. The highest BCUT2D eigenvalue weighted by Crippen LogP contribution is 2.18. The first-order valence-corrected chi connectivity index (χ1v) is 6.34. The monoisotopic (exact) mass is 264 g/mol. The van der Waals surface area contributed by atoms with Crippen molar-refractivity contribution in [1.29, 1.82) is 0 Å². The van der Waals surface area contributed by atoms with Gasteiger partial charge in [0.05, 0.1) is 17.6 Å². The summed E-state index contributed by atoms with van der Waals surface area (Å²) in [6, 6.07) is 1.90. The molecule has 0 aromatic carbocycles. The Morgan fingerprint density at radius 1 is 1.59 bits per heavy atom. The SMILES string of the molecule is Cc1ccnc(NCc2cncs2)c1C(N)=S. The molecule has 0 radical (unpaired) electrons. The van der Waals surface area contributed by atoms with E-state index in [2.05, 4.69) is 15.3 Å². The zero-order valence-corrected chi connectivity index (χ0v) is 10.9. The number of aryl methyl sites for hydroxylation is 1. The Bertz CT molecular complexity index is 522. The fourth-order valence-electron chi connectivity index (χ4n) is 1.50. The van der Waals surface area contributed by atoms with Crippen LogP contribution in [0, 0.1) is 6.92 Å². The summed E-state index contributed by atoms with van der Waals surface area (Å²) < 4.78 is 0. The molecule has 0 atom stereocenters. The fraction of sp³-hybridized carbons (Fsp3) is 0.182. The van der Waals surface area contributed by atoms with Crippen LogP contribution in [0.5, 0.6) is 0 Å². The maximum absolute atomic E-state index is 5.71. The first-order chi connectivity index (χ1) is 8.18. The van der Waals surface area contributed by atoms with Crippen molar-refractivity contribution < 1.29 is 0 Å². The number of nitrogens with one attached hydrogen (secondary N) is 1. The van der Waals surface area contributed by atoms with Crippen molar-refractivity contribution in [2.24, 2.45) is 5.73 Å². The third-order valence-corrected chi connectivity index (χ3v) is 3.30. The Labute approximate surface area is 109 Å². The van der Waals surface area contributed by atoms with E-state index in [1.54, 1.807) is 23.0 Å². The summed E-state index contributed by atoms with van der Waals surface area (Å²) in [4.78, 5) is 9.79.